The second-order valence-corrected chi connectivity index (χ2v) is 2.65. The van der Waals surface area contributed by atoms with Gasteiger partial charge in [-0.3, -0.25) is 9.99 Å². The zero-order valence-electron chi connectivity index (χ0n) is 7.88. The van der Waals surface area contributed by atoms with Crippen LogP contribution in [0.1, 0.15) is 5.69 Å². The third-order valence-electron chi connectivity index (χ3n) is 1.51. The van der Waals surface area contributed by atoms with Crippen molar-refractivity contribution in [3.63, 3.8) is 0 Å². The van der Waals surface area contributed by atoms with Gasteiger partial charge >= 0.3 is 0 Å². The van der Waals surface area contributed by atoms with Crippen molar-refractivity contribution in [2.24, 2.45) is 16.0 Å². The maximum atomic E-state index is 5.54. The first-order valence-corrected chi connectivity index (χ1v) is 3.89. The molecule has 1 heterocycles. The molecule has 0 spiro atoms. The van der Waals surface area contributed by atoms with E-state index in [1.165, 1.54) is 11.2 Å². The number of hydrogen-bond acceptors (Lipinski definition) is 4. The SMILES string of the molecule is [B]c1ccc(/C(=N/N=C)N(C)N)nc1. The molecular weight excluding hydrogens is 177 g/mol. The Balaban J connectivity index is 3.06. The molecule has 6 heteroatoms. The van der Waals surface area contributed by atoms with E-state index in [9.17, 15) is 0 Å². The lowest BCUT2D eigenvalue weighted by Crippen LogP contribution is -2.34. The van der Waals surface area contributed by atoms with E-state index in [2.05, 4.69) is 21.9 Å². The fourth-order valence-corrected chi connectivity index (χ4v) is 0.907. The van der Waals surface area contributed by atoms with Crippen molar-refractivity contribution in [1.29, 1.82) is 0 Å². The largest absolute Gasteiger partial charge is 0.295 e. The van der Waals surface area contributed by atoms with Crippen LogP contribution in [0.25, 0.3) is 0 Å². The van der Waals surface area contributed by atoms with E-state index in [-0.39, 0.29) is 0 Å². The third-order valence-corrected chi connectivity index (χ3v) is 1.51. The second kappa shape index (κ2) is 4.52. The molecule has 0 bridgehead atoms. The van der Waals surface area contributed by atoms with Crippen LogP contribution in [0.2, 0.25) is 0 Å². The average Bonchev–Trinajstić information content (AvgIpc) is 2.15. The molecule has 0 fully saturated rings. The van der Waals surface area contributed by atoms with Crippen LogP contribution in [0.3, 0.4) is 0 Å². The molecule has 14 heavy (non-hydrogen) atoms. The molecule has 1 aromatic rings. The second-order valence-electron chi connectivity index (χ2n) is 2.65. The Morgan fingerprint density at radius 3 is 2.79 bits per heavy atom. The van der Waals surface area contributed by atoms with Crippen LogP contribution in [0.5, 0.6) is 0 Å². The van der Waals surface area contributed by atoms with Crippen LogP contribution >= 0.6 is 0 Å². The molecule has 0 aliphatic heterocycles. The third kappa shape index (κ3) is 2.40. The Hall–Kier alpha value is -1.69. The van der Waals surface area contributed by atoms with E-state index in [0.717, 1.165) is 0 Å². The molecule has 2 N–H and O–H groups in total. The Morgan fingerprint density at radius 2 is 2.36 bits per heavy atom. The summed E-state index contributed by atoms with van der Waals surface area (Å²) in [5.74, 6) is 5.97. The van der Waals surface area contributed by atoms with Gasteiger partial charge in [0.05, 0.1) is 0 Å². The van der Waals surface area contributed by atoms with Gasteiger partial charge in [-0.1, -0.05) is 11.5 Å². The monoisotopic (exact) mass is 187 g/mol. The summed E-state index contributed by atoms with van der Waals surface area (Å²) in [6.45, 7) is 3.25. The summed E-state index contributed by atoms with van der Waals surface area (Å²) >= 11 is 0. The lowest BCUT2D eigenvalue weighted by atomic mass is 9.99. The molecule has 0 saturated heterocycles. The van der Waals surface area contributed by atoms with Gasteiger partial charge in [0.25, 0.3) is 0 Å². The molecule has 1 rings (SSSR count). The van der Waals surface area contributed by atoms with Gasteiger partial charge in [-0.25, -0.2) is 5.84 Å². The summed E-state index contributed by atoms with van der Waals surface area (Å²) in [7, 11) is 7.13. The lowest BCUT2D eigenvalue weighted by molar-refractivity contribution is 0.536. The van der Waals surface area contributed by atoms with E-state index in [1.54, 1.807) is 19.2 Å². The van der Waals surface area contributed by atoms with Crippen LogP contribution in [0, 0.1) is 0 Å². The predicted molar refractivity (Wildman–Crippen MR) is 57.7 cm³/mol. The smallest absolute Gasteiger partial charge is 0.190 e. The van der Waals surface area contributed by atoms with E-state index >= 15 is 0 Å². The topological polar surface area (TPSA) is 66.9 Å². The van der Waals surface area contributed by atoms with Crippen LogP contribution < -0.4 is 11.3 Å². The molecule has 0 saturated carbocycles. The Bertz CT molecular complexity index is 343. The van der Waals surface area contributed by atoms with Gasteiger partial charge in [0.2, 0.25) is 0 Å². The van der Waals surface area contributed by atoms with E-state index in [1.807, 2.05) is 0 Å². The van der Waals surface area contributed by atoms with Gasteiger partial charge in [-0.15, -0.1) is 5.10 Å². The van der Waals surface area contributed by atoms with Crippen molar-refractivity contribution in [3.05, 3.63) is 24.0 Å². The minimum atomic E-state index is 0.431. The quantitative estimate of drug-likeness (QED) is 0.213. The van der Waals surface area contributed by atoms with Crippen molar-refractivity contribution < 1.29 is 0 Å². The predicted octanol–water partition coefficient (Wildman–Crippen LogP) is -0.957. The summed E-state index contributed by atoms with van der Waals surface area (Å²) in [4.78, 5) is 4.05. The Kier molecular flexibility index (Phi) is 3.36. The highest BCUT2D eigenvalue weighted by molar-refractivity contribution is 6.32. The summed E-state index contributed by atoms with van der Waals surface area (Å²) in [6, 6.07) is 3.42. The highest BCUT2D eigenvalue weighted by atomic mass is 15.4. The van der Waals surface area contributed by atoms with Crippen molar-refractivity contribution in [1.82, 2.24) is 9.99 Å². The highest BCUT2D eigenvalue weighted by Gasteiger charge is 2.07. The molecule has 1 aromatic heterocycles. The summed E-state index contributed by atoms with van der Waals surface area (Å²) in [5.41, 5.74) is 1.18. The first-order chi connectivity index (χ1) is 6.65. The number of nitrogens with zero attached hydrogens (tertiary/aromatic N) is 4. The molecular formula is C8H10BN5. The Labute approximate surface area is 83.7 Å². The normalized spacial score (nSPS) is 11.1. The van der Waals surface area contributed by atoms with Gasteiger partial charge in [0, 0.05) is 20.0 Å². The highest BCUT2D eigenvalue weighted by Crippen LogP contribution is 1.97. The summed E-state index contributed by atoms with van der Waals surface area (Å²) in [5, 5.41) is 8.47. The van der Waals surface area contributed by atoms with E-state index in [0.29, 0.717) is 17.0 Å². The molecule has 0 aromatic carbocycles. The van der Waals surface area contributed by atoms with E-state index < -0.39 is 0 Å². The first kappa shape index (κ1) is 10.4. The molecule has 70 valence electrons. The number of rotatable bonds is 2. The van der Waals surface area contributed by atoms with Crippen LogP contribution in [-0.2, 0) is 0 Å². The standard InChI is InChI=1S/C8H10BN5/c1-11-13-8(14(2)10)7-4-3-6(9)5-12-7/h3-5H,1,10H2,2H3/b13-8-. The fourth-order valence-electron chi connectivity index (χ4n) is 0.907. The van der Waals surface area contributed by atoms with Crippen molar-refractivity contribution in [3.8, 4) is 0 Å². The number of pyridine rings is 1. The molecule has 0 aliphatic rings. The summed E-state index contributed by atoms with van der Waals surface area (Å²) < 4.78 is 0. The van der Waals surface area contributed by atoms with Crippen molar-refractivity contribution in [2.45, 2.75) is 0 Å². The number of amidine groups is 1. The first-order valence-electron chi connectivity index (χ1n) is 3.89. The minimum absolute atomic E-state index is 0.431. The lowest BCUT2D eigenvalue weighted by Gasteiger charge is -2.12. The minimum Gasteiger partial charge on any atom is -0.295 e. The van der Waals surface area contributed by atoms with Crippen molar-refractivity contribution in [2.75, 3.05) is 7.05 Å². The molecule has 0 atom stereocenters. The van der Waals surface area contributed by atoms with E-state index in [4.69, 9.17) is 13.7 Å². The summed E-state index contributed by atoms with van der Waals surface area (Å²) in [6.07, 6.45) is 1.53. The number of hydrazine groups is 1. The van der Waals surface area contributed by atoms with Gasteiger partial charge < -0.3 is 0 Å². The zero-order chi connectivity index (χ0) is 10.6. The zero-order valence-corrected chi connectivity index (χ0v) is 7.88. The Morgan fingerprint density at radius 1 is 1.64 bits per heavy atom. The van der Waals surface area contributed by atoms with Crippen LogP contribution in [0.15, 0.2) is 28.5 Å². The van der Waals surface area contributed by atoms with Crippen LogP contribution in [0.4, 0.5) is 0 Å². The molecule has 0 aliphatic carbocycles. The number of hydrogen-bond donors (Lipinski definition) is 1. The molecule has 0 unspecified atom stereocenters. The van der Waals surface area contributed by atoms with Gasteiger partial charge in [0.15, 0.2) is 5.84 Å². The number of aromatic nitrogens is 1. The van der Waals surface area contributed by atoms with Crippen molar-refractivity contribution >= 4 is 25.9 Å². The maximum absolute atomic E-state index is 5.54. The number of nitrogens with two attached hydrogens (primary N) is 1. The fraction of sp³-hybridized carbons (Fsp3) is 0.125. The van der Waals surface area contributed by atoms with Gasteiger partial charge in [-0.2, -0.15) is 5.10 Å². The molecule has 0 amide bonds. The maximum Gasteiger partial charge on any atom is 0.190 e. The van der Waals surface area contributed by atoms with Gasteiger partial charge in [-0.05, 0) is 6.07 Å². The molecule has 5 nitrogen and oxygen atoms in total. The molecule has 2 radical (unpaired) electrons. The van der Waals surface area contributed by atoms with Crippen LogP contribution in [-0.4, -0.2) is 37.4 Å². The van der Waals surface area contributed by atoms with Gasteiger partial charge in [0.1, 0.15) is 13.5 Å². The average molecular weight is 187 g/mol.